The average Bonchev–Trinajstić information content (AvgIpc) is 2.63. The molecule has 3 rings (SSSR count). The minimum absolute atomic E-state index is 0.317. The van der Waals surface area contributed by atoms with E-state index < -0.39 is 11.8 Å². The molecule has 0 aliphatic carbocycles. The lowest BCUT2D eigenvalue weighted by atomic mass is 9.97. The van der Waals surface area contributed by atoms with E-state index in [1.807, 2.05) is 19.1 Å². The molecule has 1 aliphatic rings. The molecule has 1 aromatic carbocycles. The zero-order valence-corrected chi connectivity index (χ0v) is 17.6. The van der Waals surface area contributed by atoms with Crippen LogP contribution < -0.4 is 4.90 Å². The molecule has 27 heavy (non-hydrogen) atoms. The molecule has 2 aromatic rings. The van der Waals surface area contributed by atoms with Crippen molar-refractivity contribution in [1.82, 2.24) is 4.98 Å². The number of rotatable bonds is 4. The van der Waals surface area contributed by atoms with Crippen molar-refractivity contribution in [3.63, 3.8) is 0 Å². The van der Waals surface area contributed by atoms with Crippen LogP contribution in [0.2, 0.25) is 0 Å². The zero-order chi connectivity index (χ0) is 19.7. The van der Waals surface area contributed by atoms with Gasteiger partial charge in [0.25, 0.3) is 5.78 Å². The van der Waals surface area contributed by atoms with Gasteiger partial charge in [-0.2, -0.15) is 0 Å². The van der Waals surface area contributed by atoms with Gasteiger partial charge in [-0.1, -0.05) is 24.3 Å². The van der Waals surface area contributed by atoms with E-state index >= 15 is 0 Å². The first-order valence-corrected chi connectivity index (χ1v) is 9.82. The Bertz CT molecular complexity index is 909. The highest BCUT2D eigenvalue weighted by Crippen LogP contribution is 2.37. The molecule has 6 heteroatoms. The molecule has 0 fully saturated rings. The van der Waals surface area contributed by atoms with Crippen LogP contribution in [0.4, 0.5) is 5.69 Å². The van der Waals surface area contributed by atoms with E-state index in [0.29, 0.717) is 17.8 Å². The third-order valence-electron chi connectivity index (χ3n) is 4.66. The standard InChI is InChI=1S/C21H23BrN2O3/c1-12(2)27-21(26)20(25)17-13(3)23-14(4)18(22)19(17)24-10-9-15-7-5-6-8-16(15)11-24/h5-8,12H,9-11H2,1-4H3. The number of aromatic nitrogens is 1. The summed E-state index contributed by atoms with van der Waals surface area (Å²) in [6, 6.07) is 8.30. The summed E-state index contributed by atoms with van der Waals surface area (Å²) >= 11 is 3.60. The highest BCUT2D eigenvalue weighted by molar-refractivity contribution is 9.10. The number of carbonyl (C=O) groups is 2. The number of halogens is 1. The number of ketones is 1. The van der Waals surface area contributed by atoms with Gasteiger partial charge in [0.2, 0.25) is 0 Å². The van der Waals surface area contributed by atoms with Crippen molar-refractivity contribution in [2.24, 2.45) is 0 Å². The fourth-order valence-electron chi connectivity index (χ4n) is 3.43. The van der Waals surface area contributed by atoms with Crippen molar-refractivity contribution in [1.29, 1.82) is 0 Å². The number of hydrogen-bond donors (Lipinski definition) is 0. The van der Waals surface area contributed by atoms with Gasteiger partial charge in [0, 0.05) is 13.1 Å². The van der Waals surface area contributed by atoms with Crippen LogP contribution in [0.15, 0.2) is 28.7 Å². The lowest BCUT2D eigenvalue weighted by Crippen LogP contribution is -2.33. The Hall–Kier alpha value is -2.21. The number of ether oxygens (including phenoxy) is 1. The highest BCUT2D eigenvalue weighted by Gasteiger charge is 2.31. The number of carbonyl (C=O) groups excluding carboxylic acids is 2. The number of anilines is 1. The smallest absolute Gasteiger partial charge is 0.380 e. The molecule has 0 amide bonds. The molecule has 0 radical (unpaired) electrons. The number of fused-ring (bicyclic) bond motifs is 1. The Morgan fingerprint density at radius 3 is 2.48 bits per heavy atom. The predicted octanol–water partition coefficient (Wildman–Crippen LogP) is 4.16. The lowest BCUT2D eigenvalue weighted by Gasteiger charge is -2.33. The molecule has 1 aromatic heterocycles. The fourth-order valence-corrected chi connectivity index (χ4v) is 3.97. The molecule has 0 unspecified atom stereocenters. The second kappa shape index (κ2) is 7.80. The number of esters is 1. The molecule has 0 N–H and O–H groups in total. The first kappa shape index (κ1) is 19.5. The summed E-state index contributed by atoms with van der Waals surface area (Å²) in [7, 11) is 0. The van der Waals surface area contributed by atoms with Crippen molar-refractivity contribution in [2.75, 3.05) is 11.4 Å². The van der Waals surface area contributed by atoms with E-state index in [0.717, 1.165) is 28.8 Å². The maximum absolute atomic E-state index is 12.9. The summed E-state index contributed by atoms with van der Waals surface area (Å²) in [5.41, 5.74) is 4.91. The normalized spacial score (nSPS) is 13.5. The zero-order valence-electron chi connectivity index (χ0n) is 16.0. The Kier molecular flexibility index (Phi) is 5.65. The second-order valence-electron chi connectivity index (χ2n) is 7.04. The molecule has 0 saturated heterocycles. The molecule has 2 heterocycles. The van der Waals surface area contributed by atoms with Crippen molar-refractivity contribution in [3.05, 3.63) is 56.8 Å². The van der Waals surface area contributed by atoms with Crippen LogP contribution in [0.3, 0.4) is 0 Å². The van der Waals surface area contributed by atoms with Gasteiger partial charge in [0.1, 0.15) is 0 Å². The predicted molar refractivity (Wildman–Crippen MR) is 108 cm³/mol. The van der Waals surface area contributed by atoms with Crippen LogP contribution in [-0.2, 0) is 22.5 Å². The summed E-state index contributed by atoms with van der Waals surface area (Å²) in [6.45, 7) is 8.54. The molecule has 0 saturated carbocycles. The molecular formula is C21H23BrN2O3. The molecule has 0 bridgehead atoms. The number of nitrogens with zero attached hydrogens (tertiary/aromatic N) is 2. The van der Waals surface area contributed by atoms with Gasteiger partial charge >= 0.3 is 5.97 Å². The molecule has 0 atom stereocenters. The number of Topliss-reactive ketones (excluding diaryl/α,β-unsaturated/α-hetero) is 1. The van der Waals surface area contributed by atoms with Crippen molar-refractivity contribution >= 4 is 33.4 Å². The van der Waals surface area contributed by atoms with Gasteiger partial charge in [-0.25, -0.2) is 4.79 Å². The minimum atomic E-state index is -0.843. The van der Waals surface area contributed by atoms with E-state index in [1.54, 1.807) is 20.8 Å². The quantitative estimate of drug-likeness (QED) is 0.414. The fraction of sp³-hybridized carbons (Fsp3) is 0.381. The molecular weight excluding hydrogens is 408 g/mol. The van der Waals surface area contributed by atoms with E-state index in [2.05, 4.69) is 37.9 Å². The van der Waals surface area contributed by atoms with E-state index in [9.17, 15) is 9.59 Å². The van der Waals surface area contributed by atoms with Gasteiger partial charge in [0.15, 0.2) is 0 Å². The van der Waals surface area contributed by atoms with Crippen LogP contribution in [0.1, 0.15) is 46.7 Å². The Morgan fingerprint density at radius 1 is 1.15 bits per heavy atom. The number of hydrogen-bond acceptors (Lipinski definition) is 5. The maximum atomic E-state index is 12.9. The molecule has 1 aliphatic heterocycles. The monoisotopic (exact) mass is 430 g/mol. The molecule has 5 nitrogen and oxygen atoms in total. The van der Waals surface area contributed by atoms with Crippen LogP contribution in [0, 0.1) is 13.8 Å². The Labute approximate surface area is 167 Å². The van der Waals surface area contributed by atoms with Crippen molar-refractivity contribution in [3.8, 4) is 0 Å². The number of benzene rings is 1. The molecule has 0 spiro atoms. The topological polar surface area (TPSA) is 59.5 Å². The molecule has 142 valence electrons. The SMILES string of the molecule is Cc1nc(C)c(C(=O)C(=O)OC(C)C)c(N2CCc3ccccc3C2)c1Br. The largest absolute Gasteiger partial charge is 0.457 e. The Morgan fingerprint density at radius 2 is 1.81 bits per heavy atom. The van der Waals surface area contributed by atoms with Crippen molar-refractivity contribution < 1.29 is 14.3 Å². The third-order valence-corrected chi connectivity index (χ3v) is 5.61. The summed E-state index contributed by atoms with van der Waals surface area (Å²) in [5, 5.41) is 0. The van der Waals surface area contributed by atoms with Gasteiger partial charge in [-0.15, -0.1) is 0 Å². The first-order valence-electron chi connectivity index (χ1n) is 9.03. The summed E-state index contributed by atoms with van der Waals surface area (Å²) in [4.78, 5) is 31.8. The minimum Gasteiger partial charge on any atom is -0.457 e. The van der Waals surface area contributed by atoms with Crippen LogP contribution in [0.25, 0.3) is 0 Å². The van der Waals surface area contributed by atoms with E-state index in [1.165, 1.54) is 11.1 Å². The summed E-state index contributed by atoms with van der Waals surface area (Å²) < 4.78 is 5.88. The van der Waals surface area contributed by atoms with E-state index in [4.69, 9.17) is 4.74 Å². The number of aryl methyl sites for hydroxylation is 2. The second-order valence-corrected chi connectivity index (χ2v) is 7.84. The Balaban J connectivity index is 2.07. The summed E-state index contributed by atoms with van der Waals surface area (Å²) in [5.74, 6) is -1.49. The maximum Gasteiger partial charge on any atom is 0.380 e. The van der Waals surface area contributed by atoms with Gasteiger partial charge in [-0.3, -0.25) is 9.78 Å². The van der Waals surface area contributed by atoms with Crippen molar-refractivity contribution in [2.45, 2.75) is 46.8 Å². The highest BCUT2D eigenvalue weighted by atomic mass is 79.9. The third kappa shape index (κ3) is 3.90. The summed E-state index contributed by atoms with van der Waals surface area (Å²) in [6.07, 6.45) is 0.529. The number of pyridine rings is 1. The first-order chi connectivity index (χ1) is 12.8. The van der Waals surface area contributed by atoms with E-state index in [-0.39, 0.29) is 6.10 Å². The van der Waals surface area contributed by atoms with Crippen LogP contribution in [0.5, 0.6) is 0 Å². The average molecular weight is 431 g/mol. The lowest BCUT2D eigenvalue weighted by molar-refractivity contribution is -0.141. The van der Waals surface area contributed by atoms with Gasteiger partial charge in [0.05, 0.1) is 33.2 Å². The van der Waals surface area contributed by atoms with Gasteiger partial charge < -0.3 is 9.64 Å². The van der Waals surface area contributed by atoms with Gasteiger partial charge in [-0.05, 0) is 61.2 Å². The van der Waals surface area contributed by atoms with Crippen LogP contribution >= 0.6 is 15.9 Å². The van der Waals surface area contributed by atoms with Crippen LogP contribution in [-0.4, -0.2) is 29.4 Å².